The van der Waals surface area contributed by atoms with Crippen LogP contribution in [0.4, 0.5) is 5.69 Å². The molecule has 0 radical (unpaired) electrons. The maximum atomic E-state index is 11.6. The third-order valence-corrected chi connectivity index (χ3v) is 6.35. The Morgan fingerprint density at radius 2 is 1.91 bits per heavy atom. The van der Waals surface area contributed by atoms with E-state index in [0.29, 0.717) is 23.5 Å². The van der Waals surface area contributed by atoms with Crippen molar-refractivity contribution in [3.8, 4) is 0 Å². The van der Waals surface area contributed by atoms with Gasteiger partial charge in [0.15, 0.2) is 0 Å². The van der Waals surface area contributed by atoms with E-state index in [2.05, 4.69) is 27.0 Å². The van der Waals surface area contributed by atoms with Crippen molar-refractivity contribution in [3.63, 3.8) is 0 Å². The molecule has 0 aliphatic carbocycles. The summed E-state index contributed by atoms with van der Waals surface area (Å²) < 4.78 is 4.73. The Kier molecular flexibility index (Phi) is 5.50. The number of hydrogen-bond donors (Lipinski definition) is 3. The average Bonchev–Trinajstić information content (AvgIpc) is 3.38. The first-order valence-electron chi connectivity index (χ1n) is 11.2. The molecule has 33 heavy (non-hydrogen) atoms. The maximum Gasteiger partial charge on any atom is 0.337 e. The number of nitrogens with zero attached hydrogens (tertiary/aromatic N) is 3. The molecule has 2 aromatic carbocycles. The third kappa shape index (κ3) is 4.04. The first kappa shape index (κ1) is 21.1. The number of hydrogen-bond acceptors (Lipinski definition) is 6. The van der Waals surface area contributed by atoms with Crippen molar-refractivity contribution in [2.24, 2.45) is 0 Å². The van der Waals surface area contributed by atoms with Crippen LogP contribution in [0.25, 0.3) is 16.6 Å². The maximum absolute atomic E-state index is 11.6. The second-order valence-electron chi connectivity index (χ2n) is 8.55. The Hall–Kier alpha value is -3.81. The molecule has 1 aromatic heterocycles. The normalized spacial score (nSPS) is 16.7. The van der Waals surface area contributed by atoms with E-state index in [1.165, 1.54) is 32.1 Å². The van der Waals surface area contributed by atoms with Gasteiger partial charge in [0, 0.05) is 25.3 Å². The van der Waals surface area contributed by atoms with Gasteiger partial charge in [-0.3, -0.25) is 5.41 Å². The van der Waals surface area contributed by atoms with E-state index in [4.69, 9.17) is 10.1 Å². The van der Waals surface area contributed by atoms with E-state index >= 15 is 0 Å². The van der Waals surface area contributed by atoms with Gasteiger partial charge in [-0.25, -0.2) is 9.78 Å². The van der Waals surface area contributed by atoms with Gasteiger partial charge in [0.05, 0.1) is 35.8 Å². The van der Waals surface area contributed by atoms with Gasteiger partial charge in [-0.05, 0) is 55.2 Å². The van der Waals surface area contributed by atoms with Gasteiger partial charge < -0.3 is 24.6 Å². The minimum absolute atomic E-state index is 0.126. The third-order valence-electron chi connectivity index (χ3n) is 6.35. The lowest BCUT2D eigenvalue weighted by molar-refractivity contribution is 0.0600. The highest BCUT2D eigenvalue weighted by Crippen LogP contribution is 2.30. The lowest BCUT2D eigenvalue weighted by Gasteiger charge is -2.28. The predicted octanol–water partition coefficient (Wildman–Crippen LogP) is 4.10. The first-order valence-corrected chi connectivity index (χ1v) is 11.2. The van der Waals surface area contributed by atoms with E-state index in [1.54, 1.807) is 17.0 Å². The molecule has 170 valence electrons. The van der Waals surface area contributed by atoms with E-state index in [0.717, 1.165) is 29.7 Å². The van der Waals surface area contributed by atoms with Gasteiger partial charge in [0.2, 0.25) is 0 Å². The molecule has 0 atom stereocenters. The van der Waals surface area contributed by atoms with Crippen LogP contribution >= 0.6 is 0 Å². The molecule has 1 saturated heterocycles. The Labute approximate surface area is 192 Å². The molecule has 0 spiro atoms. The summed E-state index contributed by atoms with van der Waals surface area (Å²) in [7, 11) is 1.35. The van der Waals surface area contributed by atoms with Gasteiger partial charge in [0.25, 0.3) is 0 Å². The van der Waals surface area contributed by atoms with Crippen LogP contribution in [-0.2, 0) is 11.3 Å². The number of amidine groups is 1. The fourth-order valence-corrected chi connectivity index (χ4v) is 4.57. The molecule has 8 heteroatoms. The number of H-pyrrole nitrogens is 1. The molecule has 0 saturated carbocycles. The molecule has 3 N–H and O–H groups in total. The van der Waals surface area contributed by atoms with Crippen molar-refractivity contribution >= 4 is 34.1 Å². The average molecular weight is 446 g/mol. The predicted molar refractivity (Wildman–Crippen MR) is 128 cm³/mol. The number of piperidine rings is 1. The highest BCUT2D eigenvalue weighted by atomic mass is 16.5. The molecule has 8 nitrogen and oxygen atoms in total. The summed E-state index contributed by atoms with van der Waals surface area (Å²) in [5.41, 5.74) is 4.72. The number of aliphatic hydroxyl groups is 1. The Balaban J connectivity index is 1.34. The van der Waals surface area contributed by atoms with Crippen LogP contribution in [-0.4, -0.2) is 58.5 Å². The topological polar surface area (TPSA) is 106 Å². The number of imidazole rings is 1. The molecular formula is C25H27N5O3. The fraction of sp³-hybridized carbons (Fsp3) is 0.320. The van der Waals surface area contributed by atoms with E-state index in [1.807, 2.05) is 18.2 Å². The van der Waals surface area contributed by atoms with Crippen molar-refractivity contribution in [1.29, 1.82) is 5.41 Å². The minimum atomic E-state index is -0.384. The number of ether oxygens (including phenoxy) is 1. The standard InChI is InChI=1S/C25H27N5O3/c1-33-25(32)17-7-5-16(6-8-17)14-30-15-21(31)22(23(30)26)24-27-19-10-9-18(13-20(19)28-24)29-11-3-2-4-12-29/h5-10,13,26,31H,2-4,11-12,14-15H2,1H3,(H,27,28). The number of aromatic nitrogens is 2. The number of aliphatic hydroxyl groups excluding tert-OH is 1. The second-order valence-corrected chi connectivity index (χ2v) is 8.55. The quantitative estimate of drug-likeness (QED) is 0.511. The number of methoxy groups -OCH3 is 1. The molecule has 3 heterocycles. The summed E-state index contributed by atoms with van der Waals surface area (Å²) in [5.74, 6) is 0.471. The molecule has 2 aliphatic rings. The van der Waals surface area contributed by atoms with Crippen LogP contribution in [0, 0.1) is 5.41 Å². The Morgan fingerprint density at radius 1 is 1.15 bits per heavy atom. The molecule has 0 amide bonds. The molecule has 2 aliphatic heterocycles. The number of nitrogens with one attached hydrogen (secondary N) is 2. The van der Waals surface area contributed by atoms with Crippen LogP contribution < -0.4 is 4.90 Å². The highest BCUT2D eigenvalue weighted by Gasteiger charge is 2.30. The van der Waals surface area contributed by atoms with Gasteiger partial charge >= 0.3 is 5.97 Å². The fourth-order valence-electron chi connectivity index (χ4n) is 4.57. The lowest BCUT2D eigenvalue weighted by atomic mass is 10.1. The minimum Gasteiger partial charge on any atom is -0.510 e. The van der Waals surface area contributed by atoms with E-state index in [9.17, 15) is 9.90 Å². The summed E-state index contributed by atoms with van der Waals surface area (Å²) in [4.78, 5) is 23.8. The largest absolute Gasteiger partial charge is 0.510 e. The van der Waals surface area contributed by atoms with E-state index in [-0.39, 0.29) is 24.1 Å². The summed E-state index contributed by atoms with van der Waals surface area (Å²) >= 11 is 0. The summed E-state index contributed by atoms with van der Waals surface area (Å²) in [5, 5.41) is 19.3. The zero-order chi connectivity index (χ0) is 22.9. The molecule has 0 bridgehead atoms. The van der Waals surface area contributed by atoms with Crippen LogP contribution in [0.1, 0.15) is 41.0 Å². The Morgan fingerprint density at radius 3 is 2.64 bits per heavy atom. The SMILES string of the molecule is COC(=O)c1ccc(CN2CC(O)=C(c3nc4ccc(N5CCCCC5)cc4[nH]3)C2=N)cc1. The summed E-state index contributed by atoms with van der Waals surface area (Å²) in [6.45, 7) is 2.81. The van der Waals surface area contributed by atoms with Crippen LogP contribution in [0.3, 0.4) is 0 Å². The number of benzene rings is 2. The number of carbonyl (C=O) groups is 1. The molecule has 1 fully saturated rings. The van der Waals surface area contributed by atoms with Crippen LogP contribution in [0.2, 0.25) is 0 Å². The smallest absolute Gasteiger partial charge is 0.337 e. The number of rotatable bonds is 5. The number of fused-ring (bicyclic) bond motifs is 1. The van der Waals surface area contributed by atoms with Crippen LogP contribution in [0.5, 0.6) is 0 Å². The highest BCUT2D eigenvalue weighted by molar-refractivity contribution is 6.23. The van der Waals surface area contributed by atoms with Gasteiger partial charge in [-0.2, -0.15) is 0 Å². The van der Waals surface area contributed by atoms with Crippen molar-refractivity contribution in [1.82, 2.24) is 14.9 Å². The zero-order valence-corrected chi connectivity index (χ0v) is 18.6. The van der Waals surface area contributed by atoms with Crippen LogP contribution in [0.15, 0.2) is 48.2 Å². The van der Waals surface area contributed by atoms with Crippen molar-refractivity contribution in [2.45, 2.75) is 25.8 Å². The molecule has 5 rings (SSSR count). The second kappa shape index (κ2) is 8.61. The summed E-state index contributed by atoms with van der Waals surface area (Å²) in [6.07, 6.45) is 3.71. The first-order chi connectivity index (χ1) is 16.0. The van der Waals surface area contributed by atoms with Crippen molar-refractivity contribution < 1.29 is 14.6 Å². The number of carbonyl (C=O) groups excluding carboxylic acids is 1. The van der Waals surface area contributed by atoms with Gasteiger partial charge in [-0.1, -0.05) is 12.1 Å². The van der Waals surface area contributed by atoms with Crippen molar-refractivity contribution in [3.05, 3.63) is 65.2 Å². The zero-order valence-electron chi connectivity index (χ0n) is 18.6. The molecule has 3 aromatic rings. The van der Waals surface area contributed by atoms with Crippen molar-refractivity contribution in [2.75, 3.05) is 31.6 Å². The number of anilines is 1. The van der Waals surface area contributed by atoms with Gasteiger partial charge in [-0.15, -0.1) is 0 Å². The Bertz CT molecular complexity index is 1240. The summed E-state index contributed by atoms with van der Waals surface area (Å²) in [6, 6.07) is 13.3. The number of aromatic amines is 1. The molecular weight excluding hydrogens is 418 g/mol. The van der Waals surface area contributed by atoms with E-state index < -0.39 is 0 Å². The van der Waals surface area contributed by atoms with Gasteiger partial charge in [0.1, 0.15) is 17.4 Å². The lowest BCUT2D eigenvalue weighted by Crippen LogP contribution is -2.29. The monoisotopic (exact) mass is 445 g/mol. The molecule has 0 unspecified atom stereocenters. The number of esters is 1.